The third-order valence-corrected chi connectivity index (χ3v) is 6.97. The molecule has 0 bridgehead atoms. The van der Waals surface area contributed by atoms with Crippen molar-refractivity contribution in [3.8, 4) is 0 Å². The van der Waals surface area contributed by atoms with Crippen molar-refractivity contribution in [2.75, 3.05) is 11.5 Å². The van der Waals surface area contributed by atoms with Crippen molar-refractivity contribution in [3.63, 3.8) is 0 Å². The largest absolute Gasteiger partial charge is 0.271 e. The maximum absolute atomic E-state index is 5.76. The SMILES string of the molecule is CCCCCCCCC(NN)C1SCCSC1C. The predicted molar refractivity (Wildman–Crippen MR) is 87.3 cm³/mol. The highest BCUT2D eigenvalue weighted by Gasteiger charge is 2.29. The Kier molecular flexibility index (Phi) is 9.65. The summed E-state index contributed by atoms with van der Waals surface area (Å²) in [6.07, 6.45) is 9.47. The molecule has 1 saturated heterocycles. The fraction of sp³-hybridized carbons (Fsp3) is 1.00. The smallest absolute Gasteiger partial charge is 0.0340 e. The molecular weight excluding hydrogens is 260 g/mol. The molecule has 1 fully saturated rings. The molecule has 0 aromatic heterocycles. The molecule has 3 atom stereocenters. The molecule has 0 aromatic rings. The lowest BCUT2D eigenvalue weighted by Crippen LogP contribution is -2.47. The van der Waals surface area contributed by atoms with E-state index in [9.17, 15) is 0 Å². The Bertz CT molecular complexity index is 202. The molecule has 0 saturated carbocycles. The van der Waals surface area contributed by atoms with Gasteiger partial charge in [0.25, 0.3) is 0 Å². The van der Waals surface area contributed by atoms with Gasteiger partial charge in [0.15, 0.2) is 0 Å². The molecule has 1 rings (SSSR count). The third kappa shape index (κ3) is 6.18. The Balaban J connectivity index is 2.16. The summed E-state index contributed by atoms with van der Waals surface area (Å²) >= 11 is 4.22. The van der Waals surface area contributed by atoms with Gasteiger partial charge in [-0.3, -0.25) is 11.3 Å². The molecule has 0 spiro atoms. The minimum absolute atomic E-state index is 0.504. The first-order chi connectivity index (χ1) is 8.79. The van der Waals surface area contributed by atoms with Crippen molar-refractivity contribution < 1.29 is 0 Å². The van der Waals surface area contributed by atoms with Crippen LogP contribution in [-0.2, 0) is 0 Å². The molecule has 1 aliphatic rings. The van der Waals surface area contributed by atoms with Crippen LogP contribution in [0.3, 0.4) is 0 Å². The third-order valence-electron chi connectivity index (χ3n) is 3.72. The van der Waals surface area contributed by atoms with E-state index in [0.29, 0.717) is 11.3 Å². The first-order valence-electron chi connectivity index (χ1n) is 7.49. The summed E-state index contributed by atoms with van der Waals surface area (Å²) in [6, 6.07) is 0.504. The zero-order valence-corrected chi connectivity index (χ0v) is 13.6. The van der Waals surface area contributed by atoms with Gasteiger partial charge in [-0.1, -0.05) is 52.4 Å². The number of rotatable bonds is 9. The highest BCUT2D eigenvalue weighted by Crippen LogP contribution is 2.34. The Hall–Kier alpha value is 0.620. The van der Waals surface area contributed by atoms with Gasteiger partial charge in [-0.15, -0.1) is 0 Å². The molecule has 1 aliphatic heterocycles. The second kappa shape index (κ2) is 10.4. The molecule has 0 amide bonds. The van der Waals surface area contributed by atoms with E-state index in [1.165, 1.54) is 56.5 Å². The number of nitrogens with one attached hydrogen (secondary N) is 1. The van der Waals surface area contributed by atoms with E-state index in [0.717, 1.165) is 5.25 Å². The lowest BCUT2D eigenvalue weighted by Gasteiger charge is -2.34. The van der Waals surface area contributed by atoms with Crippen molar-refractivity contribution in [2.24, 2.45) is 5.84 Å². The molecule has 3 N–H and O–H groups in total. The second-order valence-electron chi connectivity index (χ2n) is 5.24. The number of hydrazine groups is 1. The standard InChI is InChI=1S/C14H30N2S2/c1-3-4-5-6-7-8-9-13(16-15)14-12(2)17-10-11-18-14/h12-14,16H,3-11,15H2,1-2H3. The summed E-state index contributed by atoms with van der Waals surface area (Å²) in [7, 11) is 0. The van der Waals surface area contributed by atoms with Crippen molar-refractivity contribution >= 4 is 23.5 Å². The van der Waals surface area contributed by atoms with E-state index in [2.05, 4.69) is 42.8 Å². The van der Waals surface area contributed by atoms with Crippen LogP contribution >= 0.6 is 23.5 Å². The van der Waals surface area contributed by atoms with Crippen LogP contribution < -0.4 is 11.3 Å². The normalized spacial score (nSPS) is 26.2. The Labute approximate surface area is 122 Å². The zero-order chi connectivity index (χ0) is 13.2. The van der Waals surface area contributed by atoms with Crippen LogP contribution in [0.2, 0.25) is 0 Å². The van der Waals surface area contributed by atoms with E-state index in [1.54, 1.807) is 0 Å². The quantitative estimate of drug-likeness (QED) is 0.385. The molecule has 1 heterocycles. The van der Waals surface area contributed by atoms with Crippen molar-refractivity contribution in [1.29, 1.82) is 0 Å². The topological polar surface area (TPSA) is 38.0 Å². The zero-order valence-electron chi connectivity index (χ0n) is 12.0. The molecule has 0 radical (unpaired) electrons. The molecule has 2 nitrogen and oxygen atoms in total. The average molecular weight is 291 g/mol. The van der Waals surface area contributed by atoms with Gasteiger partial charge in [0.05, 0.1) is 0 Å². The monoisotopic (exact) mass is 290 g/mol. The summed E-state index contributed by atoms with van der Waals surface area (Å²) in [5, 5.41) is 1.44. The molecule has 0 aromatic carbocycles. The number of nitrogens with two attached hydrogens (primary N) is 1. The van der Waals surface area contributed by atoms with Gasteiger partial charge < -0.3 is 0 Å². The lowest BCUT2D eigenvalue weighted by molar-refractivity contribution is 0.446. The molecule has 108 valence electrons. The Morgan fingerprint density at radius 2 is 1.78 bits per heavy atom. The molecule has 18 heavy (non-hydrogen) atoms. The van der Waals surface area contributed by atoms with Gasteiger partial charge in [0.1, 0.15) is 0 Å². The highest BCUT2D eigenvalue weighted by atomic mass is 32.2. The van der Waals surface area contributed by atoms with Crippen LogP contribution in [0.25, 0.3) is 0 Å². The van der Waals surface area contributed by atoms with Gasteiger partial charge >= 0.3 is 0 Å². The summed E-state index contributed by atoms with van der Waals surface area (Å²) < 4.78 is 0. The van der Waals surface area contributed by atoms with E-state index in [4.69, 9.17) is 5.84 Å². The molecular formula is C14H30N2S2. The second-order valence-corrected chi connectivity index (χ2v) is 8.01. The van der Waals surface area contributed by atoms with Gasteiger partial charge in [0.2, 0.25) is 0 Å². The first kappa shape index (κ1) is 16.7. The van der Waals surface area contributed by atoms with E-state index >= 15 is 0 Å². The van der Waals surface area contributed by atoms with Crippen molar-refractivity contribution in [3.05, 3.63) is 0 Å². The van der Waals surface area contributed by atoms with Crippen LogP contribution in [0.1, 0.15) is 58.8 Å². The Morgan fingerprint density at radius 3 is 2.44 bits per heavy atom. The first-order valence-corrected chi connectivity index (χ1v) is 9.58. The summed E-state index contributed by atoms with van der Waals surface area (Å²) in [4.78, 5) is 0. The predicted octanol–water partition coefficient (Wildman–Crippen LogP) is 3.81. The van der Waals surface area contributed by atoms with Gasteiger partial charge in [-0.2, -0.15) is 23.5 Å². The highest BCUT2D eigenvalue weighted by molar-refractivity contribution is 8.07. The summed E-state index contributed by atoms with van der Waals surface area (Å²) in [6.45, 7) is 4.63. The minimum Gasteiger partial charge on any atom is -0.271 e. The molecule has 4 heteroatoms. The van der Waals surface area contributed by atoms with E-state index < -0.39 is 0 Å². The van der Waals surface area contributed by atoms with Crippen LogP contribution in [0, 0.1) is 0 Å². The van der Waals surface area contributed by atoms with E-state index in [1.807, 2.05) is 0 Å². The molecule has 3 unspecified atom stereocenters. The fourth-order valence-electron chi connectivity index (χ4n) is 2.58. The van der Waals surface area contributed by atoms with Crippen LogP contribution in [0.15, 0.2) is 0 Å². The summed E-state index contributed by atoms with van der Waals surface area (Å²) in [5.41, 5.74) is 3.07. The maximum atomic E-state index is 5.76. The van der Waals surface area contributed by atoms with Crippen molar-refractivity contribution in [2.45, 2.75) is 75.3 Å². The summed E-state index contributed by atoms with van der Waals surface area (Å²) in [5.74, 6) is 8.34. The van der Waals surface area contributed by atoms with E-state index in [-0.39, 0.29) is 0 Å². The average Bonchev–Trinajstić information content (AvgIpc) is 2.39. The number of thioether (sulfide) groups is 2. The fourth-order valence-corrected chi connectivity index (χ4v) is 5.56. The number of hydrogen-bond acceptors (Lipinski definition) is 4. The van der Waals surface area contributed by atoms with Crippen LogP contribution in [0.4, 0.5) is 0 Å². The van der Waals surface area contributed by atoms with Crippen molar-refractivity contribution in [1.82, 2.24) is 5.43 Å². The lowest BCUT2D eigenvalue weighted by atomic mass is 10.0. The molecule has 0 aliphatic carbocycles. The van der Waals surface area contributed by atoms with Gasteiger partial charge in [-0.25, -0.2) is 0 Å². The Morgan fingerprint density at radius 1 is 1.11 bits per heavy atom. The van der Waals surface area contributed by atoms with Crippen LogP contribution in [-0.4, -0.2) is 28.0 Å². The number of hydrogen-bond donors (Lipinski definition) is 2. The van der Waals surface area contributed by atoms with Gasteiger partial charge in [0, 0.05) is 28.0 Å². The van der Waals surface area contributed by atoms with Crippen LogP contribution in [0.5, 0.6) is 0 Å². The number of unbranched alkanes of at least 4 members (excludes halogenated alkanes) is 5. The minimum atomic E-state index is 0.504. The van der Waals surface area contributed by atoms with Gasteiger partial charge in [-0.05, 0) is 6.42 Å². The maximum Gasteiger partial charge on any atom is 0.0340 e.